The van der Waals surface area contributed by atoms with Gasteiger partial charge in [0.25, 0.3) is 0 Å². The second-order valence-electron chi connectivity index (χ2n) is 3.37. The van der Waals surface area contributed by atoms with E-state index >= 15 is 0 Å². The molecule has 1 aromatic rings. The van der Waals surface area contributed by atoms with Crippen molar-refractivity contribution in [3.05, 3.63) is 35.4 Å². The van der Waals surface area contributed by atoms with E-state index in [2.05, 4.69) is 17.5 Å². The molecule has 0 saturated heterocycles. The Hall–Kier alpha value is -1.79. The highest BCUT2D eigenvalue weighted by atomic mass is 16.5. The Balaban J connectivity index is 2.76. The van der Waals surface area contributed by atoms with Crippen molar-refractivity contribution < 1.29 is 4.74 Å². The third-order valence-corrected chi connectivity index (χ3v) is 2.22. The molecule has 0 aliphatic heterocycles. The van der Waals surface area contributed by atoms with E-state index in [0.29, 0.717) is 11.3 Å². The quantitative estimate of drug-likeness (QED) is 0.767. The van der Waals surface area contributed by atoms with Gasteiger partial charge in [-0.1, -0.05) is 18.2 Å². The van der Waals surface area contributed by atoms with Crippen LogP contribution in [0.15, 0.2) is 24.3 Å². The number of nitrogens with one attached hydrogen (secondary N) is 1. The number of rotatable bonds is 5. The first-order valence-corrected chi connectivity index (χ1v) is 5.21. The summed E-state index contributed by atoms with van der Waals surface area (Å²) >= 11 is 0. The van der Waals surface area contributed by atoms with Crippen LogP contribution in [0.3, 0.4) is 0 Å². The van der Waals surface area contributed by atoms with Crippen LogP contribution in [-0.4, -0.2) is 20.7 Å². The van der Waals surface area contributed by atoms with Gasteiger partial charge in [0.2, 0.25) is 0 Å². The smallest absolute Gasteiger partial charge is 0.137 e. The van der Waals surface area contributed by atoms with Crippen LogP contribution in [0.5, 0.6) is 5.75 Å². The predicted molar refractivity (Wildman–Crippen MR) is 65.3 cm³/mol. The highest BCUT2D eigenvalue weighted by Gasteiger charge is 2.01. The molecule has 0 radical (unpaired) electrons. The van der Waals surface area contributed by atoms with E-state index in [4.69, 9.17) is 10.00 Å². The summed E-state index contributed by atoms with van der Waals surface area (Å²) in [6.07, 6.45) is 5.11. The summed E-state index contributed by atoms with van der Waals surface area (Å²) in [5.41, 5.74) is 1.61. The molecule has 3 nitrogen and oxygen atoms in total. The third-order valence-electron chi connectivity index (χ3n) is 2.22. The minimum Gasteiger partial charge on any atom is -0.495 e. The van der Waals surface area contributed by atoms with Gasteiger partial charge in [-0.05, 0) is 37.7 Å². The molecule has 3 heteroatoms. The van der Waals surface area contributed by atoms with Gasteiger partial charge in [0.05, 0.1) is 12.7 Å². The van der Waals surface area contributed by atoms with Gasteiger partial charge in [0.15, 0.2) is 0 Å². The zero-order valence-corrected chi connectivity index (χ0v) is 9.66. The summed E-state index contributed by atoms with van der Waals surface area (Å²) in [6.45, 7) is 0.962. The summed E-state index contributed by atoms with van der Waals surface area (Å²) in [7, 11) is 3.50. The van der Waals surface area contributed by atoms with Crippen LogP contribution in [0.2, 0.25) is 0 Å². The Bertz CT molecular complexity index is 405. The zero-order valence-electron chi connectivity index (χ0n) is 9.66. The molecule has 0 aromatic heterocycles. The lowest BCUT2D eigenvalue weighted by Gasteiger charge is -2.03. The minimum atomic E-state index is 0.565. The molecule has 0 heterocycles. The number of benzene rings is 1. The van der Waals surface area contributed by atoms with Crippen molar-refractivity contribution in [2.24, 2.45) is 0 Å². The molecule has 0 bridgehead atoms. The summed E-state index contributed by atoms with van der Waals surface area (Å²) in [6, 6.07) is 7.65. The van der Waals surface area contributed by atoms with Gasteiger partial charge in [-0.2, -0.15) is 5.26 Å². The summed E-state index contributed by atoms with van der Waals surface area (Å²) in [5.74, 6) is 0.623. The normalized spacial score (nSPS) is 10.3. The number of methoxy groups -OCH3 is 1. The van der Waals surface area contributed by atoms with Gasteiger partial charge in [-0.25, -0.2) is 0 Å². The number of hydrogen-bond acceptors (Lipinski definition) is 3. The molecule has 0 aliphatic carbocycles. The first-order chi connectivity index (χ1) is 7.81. The van der Waals surface area contributed by atoms with Crippen LogP contribution in [0.25, 0.3) is 6.08 Å². The maximum absolute atomic E-state index is 8.83. The van der Waals surface area contributed by atoms with Crippen molar-refractivity contribution in [1.29, 1.82) is 5.26 Å². The van der Waals surface area contributed by atoms with E-state index < -0.39 is 0 Å². The second-order valence-corrected chi connectivity index (χ2v) is 3.37. The van der Waals surface area contributed by atoms with Crippen molar-refractivity contribution in [2.45, 2.75) is 6.42 Å². The van der Waals surface area contributed by atoms with Crippen molar-refractivity contribution >= 4 is 6.08 Å². The lowest BCUT2D eigenvalue weighted by atomic mass is 10.1. The number of nitrogens with zero attached hydrogens (tertiary/aromatic N) is 1. The SMILES string of the molecule is CNCCC=Cc1ccc(C#N)c(OC)c1. The predicted octanol–water partition coefficient (Wildman–Crippen LogP) is 2.19. The Kier molecular flexibility index (Phi) is 5.10. The minimum absolute atomic E-state index is 0.565. The Labute approximate surface area is 96.4 Å². The largest absolute Gasteiger partial charge is 0.495 e. The van der Waals surface area contributed by atoms with Gasteiger partial charge in [-0.3, -0.25) is 0 Å². The number of hydrogen-bond donors (Lipinski definition) is 1. The molecule has 0 atom stereocenters. The molecule has 84 valence electrons. The van der Waals surface area contributed by atoms with Crippen molar-refractivity contribution in [3.63, 3.8) is 0 Å². The first kappa shape index (κ1) is 12.3. The molecule has 1 N–H and O–H groups in total. The van der Waals surface area contributed by atoms with Crippen molar-refractivity contribution in [1.82, 2.24) is 5.32 Å². The molecule has 0 spiro atoms. The molecule has 1 aromatic carbocycles. The first-order valence-electron chi connectivity index (χ1n) is 5.21. The highest BCUT2D eigenvalue weighted by molar-refractivity contribution is 5.56. The van der Waals surface area contributed by atoms with Crippen LogP contribution in [0, 0.1) is 11.3 Å². The van der Waals surface area contributed by atoms with E-state index in [1.54, 1.807) is 13.2 Å². The standard InChI is InChI=1S/C13H16N2O/c1-15-8-4-3-5-11-6-7-12(10-14)13(9-11)16-2/h3,5-7,9,15H,4,8H2,1-2H3. The zero-order chi connectivity index (χ0) is 11.8. The maximum Gasteiger partial charge on any atom is 0.137 e. The molecule has 0 unspecified atom stereocenters. The molecular weight excluding hydrogens is 200 g/mol. The van der Waals surface area contributed by atoms with Gasteiger partial charge in [0.1, 0.15) is 11.8 Å². The fourth-order valence-corrected chi connectivity index (χ4v) is 1.35. The van der Waals surface area contributed by atoms with E-state index in [1.165, 1.54) is 0 Å². The van der Waals surface area contributed by atoms with Gasteiger partial charge >= 0.3 is 0 Å². The summed E-state index contributed by atoms with van der Waals surface area (Å²) in [5, 5.41) is 11.9. The molecule has 0 saturated carbocycles. The van der Waals surface area contributed by atoms with Crippen LogP contribution in [-0.2, 0) is 0 Å². The van der Waals surface area contributed by atoms with E-state index in [-0.39, 0.29) is 0 Å². The highest BCUT2D eigenvalue weighted by Crippen LogP contribution is 2.19. The fourth-order valence-electron chi connectivity index (χ4n) is 1.35. The Morgan fingerprint density at radius 2 is 2.31 bits per heavy atom. The average Bonchev–Trinajstić information content (AvgIpc) is 2.34. The summed E-state index contributed by atoms with van der Waals surface area (Å²) in [4.78, 5) is 0. The van der Waals surface area contributed by atoms with E-state index in [0.717, 1.165) is 18.5 Å². The summed E-state index contributed by atoms with van der Waals surface area (Å²) < 4.78 is 5.14. The van der Waals surface area contributed by atoms with Crippen LogP contribution >= 0.6 is 0 Å². The third kappa shape index (κ3) is 3.41. The number of nitriles is 1. The monoisotopic (exact) mass is 216 g/mol. The molecule has 16 heavy (non-hydrogen) atoms. The molecule has 0 aliphatic rings. The topological polar surface area (TPSA) is 45.0 Å². The molecular formula is C13H16N2O. The van der Waals surface area contributed by atoms with Gasteiger partial charge < -0.3 is 10.1 Å². The van der Waals surface area contributed by atoms with E-state index in [9.17, 15) is 0 Å². The Morgan fingerprint density at radius 1 is 1.50 bits per heavy atom. The molecule has 1 rings (SSSR count). The average molecular weight is 216 g/mol. The lowest BCUT2D eigenvalue weighted by molar-refractivity contribution is 0.413. The lowest BCUT2D eigenvalue weighted by Crippen LogP contribution is -2.05. The molecule has 0 amide bonds. The van der Waals surface area contributed by atoms with E-state index in [1.807, 2.05) is 25.3 Å². The molecule has 0 fully saturated rings. The fraction of sp³-hybridized carbons (Fsp3) is 0.308. The van der Waals surface area contributed by atoms with Crippen molar-refractivity contribution in [2.75, 3.05) is 20.7 Å². The van der Waals surface area contributed by atoms with Crippen LogP contribution in [0.4, 0.5) is 0 Å². The Morgan fingerprint density at radius 3 is 2.94 bits per heavy atom. The van der Waals surface area contributed by atoms with Gasteiger partial charge in [0, 0.05) is 0 Å². The van der Waals surface area contributed by atoms with Crippen LogP contribution < -0.4 is 10.1 Å². The van der Waals surface area contributed by atoms with Crippen molar-refractivity contribution in [3.8, 4) is 11.8 Å². The van der Waals surface area contributed by atoms with Gasteiger partial charge in [-0.15, -0.1) is 0 Å². The maximum atomic E-state index is 8.83. The number of ether oxygens (including phenoxy) is 1. The second kappa shape index (κ2) is 6.65. The van der Waals surface area contributed by atoms with Crippen LogP contribution in [0.1, 0.15) is 17.5 Å².